The lowest BCUT2D eigenvalue weighted by Gasteiger charge is -2.08. The highest BCUT2D eigenvalue weighted by Crippen LogP contribution is 2.33. The molecule has 5 nitrogen and oxygen atoms in total. The van der Waals surface area contributed by atoms with E-state index < -0.39 is 0 Å². The smallest absolute Gasteiger partial charge is 0.171 e. The Kier molecular flexibility index (Phi) is 3.79. The molecule has 0 aromatic heterocycles. The lowest BCUT2D eigenvalue weighted by molar-refractivity contribution is 0.0990. The summed E-state index contributed by atoms with van der Waals surface area (Å²) < 4.78 is 4.91. The van der Waals surface area contributed by atoms with Gasteiger partial charge in [-0.05, 0) is 23.8 Å². The average Bonchev–Trinajstić information content (AvgIpc) is 2.41. The SMILES string of the molecule is COc1cc(C(=O)Cc2ccc(O)cc2)c(O)cc1O. The third kappa shape index (κ3) is 2.83. The maximum absolute atomic E-state index is 12.1. The third-order valence-electron chi connectivity index (χ3n) is 2.90. The summed E-state index contributed by atoms with van der Waals surface area (Å²) in [5.74, 6) is -0.600. The molecule has 0 amide bonds. The van der Waals surface area contributed by atoms with Crippen LogP contribution in [0.2, 0.25) is 0 Å². The first kappa shape index (κ1) is 13.7. The zero-order valence-corrected chi connectivity index (χ0v) is 10.8. The molecular formula is C15H14O5. The third-order valence-corrected chi connectivity index (χ3v) is 2.90. The minimum atomic E-state index is -0.313. The topological polar surface area (TPSA) is 87.0 Å². The molecule has 104 valence electrons. The average molecular weight is 274 g/mol. The number of hydrogen-bond acceptors (Lipinski definition) is 5. The molecule has 0 saturated carbocycles. The predicted molar refractivity (Wildman–Crippen MR) is 72.5 cm³/mol. The molecule has 0 aliphatic rings. The Morgan fingerprint density at radius 2 is 1.70 bits per heavy atom. The monoisotopic (exact) mass is 274 g/mol. The summed E-state index contributed by atoms with van der Waals surface area (Å²) in [4.78, 5) is 12.1. The molecule has 2 rings (SSSR count). The van der Waals surface area contributed by atoms with Gasteiger partial charge in [0.25, 0.3) is 0 Å². The number of carbonyl (C=O) groups is 1. The van der Waals surface area contributed by atoms with Gasteiger partial charge < -0.3 is 20.1 Å². The fraction of sp³-hybridized carbons (Fsp3) is 0.133. The molecule has 0 unspecified atom stereocenters. The summed E-state index contributed by atoms with van der Waals surface area (Å²) in [7, 11) is 1.36. The van der Waals surface area contributed by atoms with Crippen LogP contribution in [-0.2, 0) is 6.42 Å². The summed E-state index contributed by atoms with van der Waals surface area (Å²) >= 11 is 0. The van der Waals surface area contributed by atoms with Crippen LogP contribution in [0, 0.1) is 0 Å². The van der Waals surface area contributed by atoms with Crippen LogP contribution in [0.1, 0.15) is 15.9 Å². The molecule has 0 heterocycles. The number of methoxy groups -OCH3 is 1. The maximum atomic E-state index is 12.1. The molecule has 0 bridgehead atoms. The first-order valence-corrected chi connectivity index (χ1v) is 5.92. The van der Waals surface area contributed by atoms with E-state index in [1.54, 1.807) is 12.1 Å². The fourth-order valence-corrected chi connectivity index (χ4v) is 1.84. The number of ketones is 1. The normalized spacial score (nSPS) is 10.2. The van der Waals surface area contributed by atoms with Crippen molar-refractivity contribution in [2.75, 3.05) is 7.11 Å². The number of rotatable bonds is 4. The van der Waals surface area contributed by atoms with Crippen molar-refractivity contribution in [1.29, 1.82) is 0 Å². The van der Waals surface area contributed by atoms with Gasteiger partial charge in [0, 0.05) is 12.5 Å². The molecule has 0 aliphatic carbocycles. The van der Waals surface area contributed by atoms with E-state index in [4.69, 9.17) is 4.74 Å². The van der Waals surface area contributed by atoms with Crippen LogP contribution >= 0.6 is 0 Å². The van der Waals surface area contributed by atoms with E-state index in [0.717, 1.165) is 6.07 Å². The summed E-state index contributed by atoms with van der Waals surface area (Å²) in [5.41, 5.74) is 0.784. The van der Waals surface area contributed by atoms with E-state index in [1.165, 1.54) is 25.3 Å². The number of carbonyl (C=O) groups excluding carboxylic acids is 1. The Labute approximate surface area is 115 Å². The van der Waals surface area contributed by atoms with Gasteiger partial charge in [-0.25, -0.2) is 0 Å². The first-order valence-electron chi connectivity index (χ1n) is 5.92. The van der Waals surface area contributed by atoms with E-state index in [1.807, 2.05) is 0 Å². The molecule has 20 heavy (non-hydrogen) atoms. The van der Waals surface area contributed by atoms with Gasteiger partial charge in [-0.15, -0.1) is 0 Å². The van der Waals surface area contributed by atoms with E-state index in [2.05, 4.69) is 0 Å². The maximum Gasteiger partial charge on any atom is 0.171 e. The number of ether oxygens (including phenoxy) is 1. The lowest BCUT2D eigenvalue weighted by Crippen LogP contribution is -2.04. The highest BCUT2D eigenvalue weighted by atomic mass is 16.5. The number of Topliss-reactive ketones (excluding diaryl/α,β-unsaturated/α-hetero) is 1. The zero-order chi connectivity index (χ0) is 14.7. The number of aromatic hydroxyl groups is 3. The predicted octanol–water partition coefficient (Wildman–Crippen LogP) is 2.24. The Bertz CT molecular complexity index is 631. The summed E-state index contributed by atoms with van der Waals surface area (Å²) in [5, 5.41) is 28.4. The molecule has 0 spiro atoms. The van der Waals surface area contributed by atoms with Crippen molar-refractivity contribution < 1.29 is 24.9 Å². The van der Waals surface area contributed by atoms with Gasteiger partial charge in [-0.3, -0.25) is 4.79 Å². The largest absolute Gasteiger partial charge is 0.508 e. The van der Waals surface area contributed by atoms with Crippen LogP contribution in [0.3, 0.4) is 0 Å². The van der Waals surface area contributed by atoms with E-state index >= 15 is 0 Å². The highest BCUT2D eigenvalue weighted by Gasteiger charge is 2.16. The van der Waals surface area contributed by atoms with E-state index in [0.29, 0.717) is 5.56 Å². The molecule has 2 aromatic carbocycles. The van der Waals surface area contributed by atoms with Gasteiger partial charge in [0.05, 0.1) is 12.7 Å². The minimum Gasteiger partial charge on any atom is -0.508 e. The number of hydrogen-bond donors (Lipinski definition) is 3. The molecule has 0 fully saturated rings. The Balaban J connectivity index is 2.27. The number of phenols is 3. The van der Waals surface area contributed by atoms with Crippen LogP contribution in [0.25, 0.3) is 0 Å². The molecule has 2 aromatic rings. The molecule has 0 atom stereocenters. The van der Waals surface area contributed by atoms with Crippen molar-refractivity contribution in [1.82, 2.24) is 0 Å². The van der Waals surface area contributed by atoms with Gasteiger partial charge in [0.1, 0.15) is 11.5 Å². The van der Waals surface area contributed by atoms with Crippen LogP contribution in [0.5, 0.6) is 23.0 Å². The van der Waals surface area contributed by atoms with Gasteiger partial charge in [0.2, 0.25) is 0 Å². The van der Waals surface area contributed by atoms with Crippen LogP contribution in [0.4, 0.5) is 0 Å². The first-order chi connectivity index (χ1) is 9.51. The second-order valence-electron chi connectivity index (χ2n) is 4.31. The van der Waals surface area contributed by atoms with Crippen molar-refractivity contribution in [3.63, 3.8) is 0 Å². The number of benzene rings is 2. The fourth-order valence-electron chi connectivity index (χ4n) is 1.84. The van der Waals surface area contributed by atoms with Gasteiger partial charge >= 0.3 is 0 Å². The zero-order valence-electron chi connectivity index (χ0n) is 10.8. The van der Waals surface area contributed by atoms with Crippen molar-refractivity contribution in [3.8, 4) is 23.0 Å². The van der Waals surface area contributed by atoms with Crippen LogP contribution in [-0.4, -0.2) is 28.2 Å². The van der Waals surface area contributed by atoms with Gasteiger partial charge in [-0.1, -0.05) is 12.1 Å². The van der Waals surface area contributed by atoms with Crippen molar-refractivity contribution >= 4 is 5.78 Å². The summed E-state index contributed by atoms with van der Waals surface area (Å²) in [6.07, 6.45) is 0.0712. The van der Waals surface area contributed by atoms with Gasteiger partial charge in [-0.2, -0.15) is 0 Å². The summed E-state index contributed by atoms with van der Waals surface area (Å²) in [6, 6.07) is 8.60. The quantitative estimate of drug-likeness (QED) is 0.744. The second kappa shape index (κ2) is 5.52. The summed E-state index contributed by atoms with van der Waals surface area (Å²) in [6.45, 7) is 0. The van der Waals surface area contributed by atoms with E-state index in [-0.39, 0.29) is 40.8 Å². The highest BCUT2D eigenvalue weighted by molar-refractivity contribution is 6.00. The van der Waals surface area contributed by atoms with Crippen molar-refractivity contribution in [2.45, 2.75) is 6.42 Å². The molecule has 5 heteroatoms. The Hall–Kier alpha value is -2.69. The minimum absolute atomic E-state index is 0.0712. The molecule has 0 radical (unpaired) electrons. The molecular weight excluding hydrogens is 260 g/mol. The molecule has 0 saturated heterocycles. The van der Waals surface area contributed by atoms with Crippen molar-refractivity contribution in [3.05, 3.63) is 47.5 Å². The van der Waals surface area contributed by atoms with Gasteiger partial charge in [0.15, 0.2) is 17.3 Å². The van der Waals surface area contributed by atoms with Crippen LogP contribution < -0.4 is 4.74 Å². The van der Waals surface area contributed by atoms with E-state index in [9.17, 15) is 20.1 Å². The van der Waals surface area contributed by atoms with Crippen molar-refractivity contribution in [2.24, 2.45) is 0 Å². The lowest BCUT2D eigenvalue weighted by atomic mass is 10.0. The molecule has 3 N–H and O–H groups in total. The second-order valence-corrected chi connectivity index (χ2v) is 4.31. The van der Waals surface area contributed by atoms with Crippen LogP contribution in [0.15, 0.2) is 36.4 Å². The Morgan fingerprint density at radius 3 is 2.30 bits per heavy atom. The molecule has 0 aliphatic heterocycles. The Morgan fingerprint density at radius 1 is 1.05 bits per heavy atom. The standard InChI is InChI=1S/C15H14O5/c1-20-15-7-11(13(18)8-14(15)19)12(17)6-9-2-4-10(16)5-3-9/h2-5,7-8,16,18-19H,6H2,1H3. The number of phenolic OH excluding ortho intramolecular Hbond substituents is 3.